The molecule has 7 heteroatoms. The van der Waals surface area contributed by atoms with E-state index in [-0.39, 0.29) is 35.9 Å². The summed E-state index contributed by atoms with van der Waals surface area (Å²) in [7, 11) is 0. The molecule has 0 heterocycles. The van der Waals surface area contributed by atoms with Gasteiger partial charge in [0, 0.05) is 0 Å². The minimum absolute atomic E-state index is 0.0440. The van der Waals surface area contributed by atoms with E-state index in [9.17, 15) is 14.7 Å². The van der Waals surface area contributed by atoms with Crippen LogP contribution in [0, 0.1) is 5.92 Å². The van der Waals surface area contributed by atoms with Crippen LogP contribution < -0.4 is 9.47 Å². The van der Waals surface area contributed by atoms with Crippen molar-refractivity contribution in [3.05, 3.63) is 17.7 Å². The predicted octanol–water partition coefficient (Wildman–Crippen LogP) is 4.03. The monoisotopic (exact) mass is 410 g/mol. The van der Waals surface area contributed by atoms with Gasteiger partial charge in [0.15, 0.2) is 17.4 Å². The number of hydrogen-bond donors (Lipinski definition) is 1. The second-order valence-corrected chi connectivity index (χ2v) is 7.37. The maximum atomic E-state index is 12.5. The molecule has 0 unspecified atom stereocenters. The van der Waals surface area contributed by atoms with Gasteiger partial charge in [-0.2, -0.15) is 0 Å². The van der Waals surface area contributed by atoms with E-state index in [0.29, 0.717) is 18.8 Å². The Hall–Kier alpha value is -2.44. The average molecular weight is 411 g/mol. The Balaban J connectivity index is 3.23. The molecule has 0 amide bonds. The molecule has 7 nitrogen and oxygen atoms in total. The fourth-order valence-corrected chi connectivity index (χ4v) is 2.53. The summed E-state index contributed by atoms with van der Waals surface area (Å²) in [5.41, 5.74) is 0.603. The molecule has 0 aromatic heterocycles. The van der Waals surface area contributed by atoms with Gasteiger partial charge in [-0.25, -0.2) is 0 Å². The van der Waals surface area contributed by atoms with Gasteiger partial charge in [-0.1, -0.05) is 13.8 Å². The molecule has 0 atom stereocenters. The molecule has 0 aliphatic carbocycles. The van der Waals surface area contributed by atoms with Crippen LogP contribution >= 0.6 is 0 Å². The number of aromatic hydroxyl groups is 1. The van der Waals surface area contributed by atoms with Crippen LogP contribution in [0.1, 0.15) is 59.9 Å². The molecule has 0 saturated heterocycles. The van der Waals surface area contributed by atoms with Crippen molar-refractivity contribution < 1.29 is 33.6 Å². The molecule has 0 aliphatic heterocycles. The number of benzene rings is 1. The number of carbonyl (C=O) groups excluding carboxylic acids is 2. The number of ether oxygens (including phenoxy) is 4. The molecule has 0 fully saturated rings. The molecule has 0 spiro atoms. The molecular weight excluding hydrogens is 376 g/mol. The molecule has 1 aromatic rings. The summed E-state index contributed by atoms with van der Waals surface area (Å²) < 4.78 is 21.7. The van der Waals surface area contributed by atoms with E-state index in [1.54, 1.807) is 39.8 Å². The molecule has 1 N–H and O–H groups in total. The number of hydrogen-bond acceptors (Lipinski definition) is 7. The molecular formula is C22H34O7. The Kier molecular flexibility index (Phi) is 10.3. The Morgan fingerprint density at radius 1 is 0.862 bits per heavy atom. The van der Waals surface area contributed by atoms with Crippen LogP contribution in [0.25, 0.3) is 0 Å². The predicted molar refractivity (Wildman–Crippen MR) is 109 cm³/mol. The lowest BCUT2D eigenvalue weighted by Crippen LogP contribution is -2.32. The Morgan fingerprint density at radius 2 is 1.28 bits per heavy atom. The minimum Gasteiger partial charge on any atom is -0.502 e. The Morgan fingerprint density at radius 3 is 1.62 bits per heavy atom. The van der Waals surface area contributed by atoms with Crippen molar-refractivity contribution >= 4 is 11.9 Å². The quantitative estimate of drug-likeness (QED) is 0.411. The van der Waals surface area contributed by atoms with Crippen LogP contribution in [0.2, 0.25) is 0 Å². The van der Waals surface area contributed by atoms with Crippen molar-refractivity contribution in [2.75, 3.05) is 13.2 Å². The van der Waals surface area contributed by atoms with Crippen LogP contribution in [-0.4, -0.2) is 42.5 Å². The highest BCUT2D eigenvalue weighted by Gasteiger charge is 2.32. The zero-order valence-corrected chi connectivity index (χ0v) is 18.3. The first-order chi connectivity index (χ1) is 13.7. The Labute approximate surface area is 173 Å². The van der Waals surface area contributed by atoms with E-state index in [1.165, 1.54) is 0 Å². The average Bonchev–Trinajstić information content (AvgIpc) is 2.63. The van der Waals surface area contributed by atoms with Crippen molar-refractivity contribution in [3.8, 4) is 17.2 Å². The second-order valence-electron chi connectivity index (χ2n) is 7.37. The third-order valence-corrected chi connectivity index (χ3v) is 3.74. The van der Waals surface area contributed by atoms with Crippen molar-refractivity contribution in [1.82, 2.24) is 0 Å². The minimum atomic E-state index is -1.12. The normalized spacial score (nSPS) is 11.1. The molecule has 29 heavy (non-hydrogen) atoms. The number of phenolic OH excluding ortho intramolecular Hbond substituents is 1. The lowest BCUT2D eigenvalue weighted by Gasteiger charge is -2.20. The Bertz CT molecular complexity index is 616. The summed E-state index contributed by atoms with van der Waals surface area (Å²) in [6.45, 7) is 11.6. The van der Waals surface area contributed by atoms with E-state index >= 15 is 0 Å². The number of carbonyl (C=O) groups is 2. The van der Waals surface area contributed by atoms with Crippen molar-refractivity contribution in [2.45, 2.75) is 73.0 Å². The van der Waals surface area contributed by atoms with E-state index in [4.69, 9.17) is 18.9 Å². The summed E-state index contributed by atoms with van der Waals surface area (Å²) >= 11 is 0. The third-order valence-electron chi connectivity index (χ3n) is 3.74. The SMILES string of the molecule is CCCOc1cc(CC(C(=O)OC(C)C)C(=O)OC(C)C)cc(OCCC)c1O. The zero-order chi connectivity index (χ0) is 22.0. The maximum Gasteiger partial charge on any atom is 0.320 e. The number of rotatable bonds is 12. The highest BCUT2D eigenvalue weighted by Crippen LogP contribution is 2.38. The van der Waals surface area contributed by atoms with Gasteiger partial charge in [-0.05, 0) is 64.7 Å². The molecule has 0 saturated carbocycles. The fourth-order valence-electron chi connectivity index (χ4n) is 2.53. The molecule has 1 rings (SSSR count). The van der Waals surface area contributed by atoms with Gasteiger partial charge in [-0.15, -0.1) is 0 Å². The second kappa shape index (κ2) is 12.2. The highest BCUT2D eigenvalue weighted by molar-refractivity contribution is 5.95. The standard InChI is InChI=1S/C22H34O7/c1-7-9-26-18-12-16(13-19(20(18)23)27-10-8-2)11-17(21(24)28-14(3)4)22(25)29-15(5)6/h12-15,17,23H,7-11H2,1-6H3. The molecule has 1 aromatic carbocycles. The van der Waals surface area contributed by atoms with Gasteiger partial charge < -0.3 is 24.1 Å². The summed E-state index contributed by atoms with van der Waals surface area (Å²) in [6, 6.07) is 3.23. The summed E-state index contributed by atoms with van der Waals surface area (Å²) in [5, 5.41) is 10.4. The summed E-state index contributed by atoms with van der Waals surface area (Å²) in [4.78, 5) is 25.1. The van der Waals surface area contributed by atoms with Gasteiger partial charge in [0.2, 0.25) is 5.75 Å². The topological polar surface area (TPSA) is 91.3 Å². The third kappa shape index (κ3) is 8.21. The van der Waals surface area contributed by atoms with E-state index < -0.39 is 17.9 Å². The van der Waals surface area contributed by atoms with Crippen molar-refractivity contribution in [1.29, 1.82) is 0 Å². The summed E-state index contributed by atoms with van der Waals surface area (Å²) in [5.74, 6) is -2.01. The van der Waals surface area contributed by atoms with Gasteiger partial charge in [0.1, 0.15) is 0 Å². The molecule has 0 aliphatic rings. The first-order valence-corrected chi connectivity index (χ1v) is 10.2. The fraction of sp³-hybridized carbons (Fsp3) is 0.636. The summed E-state index contributed by atoms with van der Waals surface area (Å²) in [6.07, 6.45) is 0.854. The van der Waals surface area contributed by atoms with Gasteiger partial charge in [0.05, 0.1) is 25.4 Å². The van der Waals surface area contributed by atoms with E-state index in [0.717, 1.165) is 12.8 Å². The number of esters is 2. The van der Waals surface area contributed by atoms with Crippen LogP contribution in [0.5, 0.6) is 17.2 Å². The number of phenols is 1. The zero-order valence-electron chi connectivity index (χ0n) is 18.3. The van der Waals surface area contributed by atoms with Crippen molar-refractivity contribution in [3.63, 3.8) is 0 Å². The lowest BCUT2D eigenvalue weighted by atomic mass is 9.98. The van der Waals surface area contributed by atoms with Gasteiger partial charge >= 0.3 is 11.9 Å². The van der Waals surface area contributed by atoms with Crippen LogP contribution in [0.4, 0.5) is 0 Å². The largest absolute Gasteiger partial charge is 0.502 e. The van der Waals surface area contributed by atoms with E-state index in [2.05, 4.69) is 0 Å². The highest BCUT2D eigenvalue weighted by atomic mass is 16.6. The molecule has 0 radical (unpaired) electrons. The maximum absolute atomic E-state index is 12.5. The molecule has 164 valence electrons. The molecule has 0 bridgehead atoms. The smallest absolute Gasteiger partial charge is 0.320 e. The first kappa shape index (κ1) is 24.6. The van der Waals surface area contributed by atoms with Crippen LogP contribution in [0.15, 0.2) is 12.1 Å². The first-order valence-electron chi connectivity index (χ1n) is 10.2. The van der Waals surface area contributed by atoms with Gasteiger partial charge in [-0.3, -0.25) is 9.59 Å². The van der Waals surface area contributed by atoms with Crippen LogP contribution in [0.3, 0.4) is 0 Å². The van der Waals surface area contributed by atoms with Crippen molar-refractivity contribution in [2.24, 2.45) is 5.92 Å². The van der Waals surface area contributed by atoms with Crippen LogP contribution in [-0.2, 0) is 25.5 Å². The lowest BCUT2D eigenvalue weighted by molar-refractivity contribution is -0.166. The van der Waals surface area contributed by atoms with E-state index in [1.807, 2.05) is 13.8 Å². The van der Waals surface area contributed by atoms with Gasteiger partial charge in [0.25, 0.3) is 0 Å².